The number of nitrogens with one attached hydrogen (secondary N) is 1. The molecule has 0 spiro atoms. The number of hydrogen-bond acceptors (Lipinski definition) is 4. The Morgan fingerprint density at radius 3 is 2.67 bits per heavy atom. The van der Waals surface area contributed by atoms with Gasteiger partial charge in [0.1, 0.15) is 0 Å². The van der Waals surface area contributed by atoms with E-state index < -0.39 is 21.8 Å². The fourth-order valence-electron chi connectivity index (χ4n) is 1.77. The monoisotopic (exact) mass is 343 g/mol. The smallest absolute Gasteiger partial charge is 0.240 e. The highest BCUT2D eigenvalue weighted by Crippen LogP contribution is 2.20. The second-order valence-corrected chi connectivity index (χ2v) is 7.50. The molecule has 0 aliphatic heterocycles. The van der Waals surface area contributed by atoms with Crippen molar-refractivity contribution in [3.05, 3.63) is 57.2 Å². The first-order valence-electron chi connectivity index (χ1n) is 6.19. The van der Waals surface area contributed by atoms with Crippen LogP contribution in [0.3, 0.4) is 0 Å². The minimum atomic E-state index is -3.77. The summed E-state index contributed by atoms with van der Waals surface area (Å²) in [5.74, 6) is -1.38. The third-order valence-corrected chi connectivity index (χ3v) is 5.27. The highest BCUT2D eigenvalue weighted by atomic mass is 35.5. The van der Waals surface area contributed by atoms with E-state index in [4.69, 9.17) is 11.6 Å². The van der Waals surface area contributed by atoms with Crippen LogP contribution in [0.4, 0.5) is 0 Å². The highest BCUT2D eigenvalue weighted by Gasteiger charge is 2.22. The molecule has 4 nitrogen and oxygen atoms in total. The molecule has 1 amide bonds. The second-order valence-electron chi connectivity index (χ2n) is 4.60. The molecule has 0 radical (unpaired) electrons. The first kappa shape index (κ1) is 16.0. The second kappa shape index (κ2) is 6.60. The van der Waals surface area contributed by atoms with Gasteiger partial charge in [0, 0.05) is 5.02 Å². The van der Waals surface area contributed by atoms with Crippen LogP contribution in [0.5, 0.6) is 0 Å². The van der Waals surface area contributed by atoms with Crippen LogP contribution < -0.4 is 4.72 Å². The van der Waals surface area contributed by atoms with Gasteiger partial charge in [0.05, 0.1) is 11.7 Å². The fraction of sp³-hybridized carbons (Fsp3) is 0.214. The molecular formula is C14H14ClNO3S2. The molecule has 0 aliphatic rings. The van der Waals surface area contributed by atoms with Crippen molar-refractivity contribution in [1.29, 1.82) is 0 Å². The lowest BCUT2D eigenvalue weighted by molar-refractivity contribution is -0.120. The van der Waals surface area contributed by atoms with Crippen LogP contribution >= 0.6 is 22.9 Å². The number of carbonyl (C=O) groups is 1. The van der Waals surface area contributed by atoms with Gasteiger partial charge in [-0.15, -0.1) is 0 Å². The summed E-state index contributed by atoms with van der Waals surface area (Å²) in [4.78, 5) is 12.0. The summed E-state index contributed by atoms with van der Waals surface area (Å²) in [6.45, 7) is 1.67. The maximum absolute atomic E-state index is 12.0. The van der Waals surface area contributed by atoms with Crippen molar-refractivity contribution in [3.8, 4) is 0 Å². The van der Waals surface area contributed by atoms with Crippen molar-refractivity contribution in [1.82, 2.24) is 4.72 Å². The predicted octanol–water partition coefficient (Wildman–Crippen LogP) is 3.15. The number of benzene rings is 1. The van der Waals surface area contributed by atoms with Gasteiger partial charge in [-0.25, -0.2) is 8.42 Å². The zero-order valence-electron chi connectivity index (χ0n) is 11.2. The van der Waals surface area contributed by atoms with Gasteiger partial charge in [-0.3, -0.25) is 9.52 Å². The van der Waals surface area contributed by atoms with Crippen LogP contribution in [0.15, 0.2) is 41.1 Å². The van der Waals surface area contributed by atoms with E-state index in [9.17, 15) is 13.2 Å². The first-order valence-corrected chi connectivity index (χ1v) is 9.16. The Balaban J connectivity index is 2.07. The third kappa shape index (κ3) is 4.30. The summed E-state index contributed by atoms with van der Waals surface area (Å²) in [7, 11) is -3.77. The maximum Gasteiger partial charge on any atom is 0.240 e. The molecule has 1 unspecified atom stereocenters. The standard InChI is InChI=1S/C14H14ClNO3S2/c1-10(11-6-7-20-8-11)14(17)16-21(18,19)9-12-4-2-3-5-13(12)15/h2-8,10H,9H2,1H3,(H,16,17). The molecule has 2 rings (SSSR count). The number of hydrogen-bond donors (Lipinski definition) is 1. The topological polar surface area (TPSA) is 63.2 Å². The zero-order valence-corrected chi connectivity index (χ0v) is 13.6. The number of amides is 1. The molecule has 7 heteroatoms. The first-order chi connectivity index (χ1) is 9.89. The molecule has 0 saturated heterocycles. The van der Waals surface area contributed by atoms with Crippen molar-refractivity contribution in [3.63, 3.8) is 0 Å². The van der Waals surface area contributed by atoms with E-state index in [2.05, 4.69) is 4.72 Å². The van der Waals surface area contributed by atoms with E-state index in [1.165, 1.54) is 11.3 Å². The summed E-state index contributed by atoms with van der Waals surface area (Å²) in [6.07, 6.45) is 0. The molecule has 1 aromatic carbocycles. The van der Waals surface area contributed by atoms with Crippen molar-refractivity contribution < 1.29 is 13.2 Å². The van der Waals surface area contributed by atoms with Crippen LogP contribution in [0, 0.1) is 0 Å². The Morgan fingerprint density at radius 1 is 1.33 bits per heavy atom. The quantitative estimate of drug-likeness (QED) is 0.907. The summed E-state index contributed by atoms with van der Waals surface area (Å²) in [6, 6.07) is 8.45. The van der Waals surface area contributed by atoms with Gasteiger partial charge in [-0.05, 0) is 40.9 Å². The molecule has 21 heavy (non-hydrogen) atoms. The van der Waals surface area contributed by atoms with Crippen molar-refractivity contribution in [2.24, 2.45) is 0 Å². The van der Waals surface area contributed by atoms with Crippen LogP contribution in [0.1, 0.15) is 24.0 Å². The van der Waals surface area contributed by atoms with Gasteiger partial charge in [0.15, 0.2) is 0 Å². The Morgan fingerprint density at radius 2 is 2.05 bits per heavy atom. The molecule has 1 atom stereocenters. The summed E-state index contributed by atoms with van der Waals surface area (Å²) in [5, 5.41) is 4.03. The minimum Gasteiger partial charge on any atom is -0.273 e. The molecule has 0 saturated carbocycles. The lowest BCUT2D eigenvalue weighted by Gasteiger charge is -2.12. The van der Waals surface area contributed by atoms with Gasteiger partial charge in [-0.1, -0.05) is 29.8 Å². The number of rotatable bonds is 5. The van der Waals surface area contributed by atoms with Crippen molar-refractivity contribution >= 4 is 38.9 Å². The lowest BCUT2D eigenvalue weighted by Crippen LogP contribution is -2.34. The van der Waals surface area contributed by atoms with Gasteiger partial charge in [0.2, 0.25) is 15.9 Å². The van der Waals surface area contributed by atoms with Gasteiger partial charge in [0.25, 0.3) is 0 Å². The van der Waals surface area contributed by atoms with E-state index in [1.54, 1.807) is 37.3 Å². The SMILES string of the molecule is CC(C(=O)NS(=O)(=O)Cc1ccccc1Cl)c1ccsc1. The minimum absolute atomic E-state index is 0.325. The Bertz CT molecular complexity index is 726. The molecule has 2 aromatic rings. The molecule has 0 bridgehead atoms. The van der Waals surface area contributed by atoms with Crippen LogP contribution in [0.2, 0.25) is 5.02 Å². The average Bonchev–Trinajstić information content (AvgIpc) is 2.93. The van der Waals surface area contributed by atoms with E-state index in [1.807, 2.05) is 10.8 Å². The summed E-state index contributed by atoms with van der Waals surface area (Å²) in [5.41, 5.74) is 1.26. The van der Waals surface area contributed by atoms with Gasteiger partial charge in [-0.2, -0.15) is 11.3 Å². The fourth-order valence-corrected chi connectivity index (χ4v) is 4.02. The van der Waals surface area contributed by atoms with Crippen LogP contribution in [-0.2, 0) is 20.6 Å². The van der Waals surface area contributed by atoms with Crippen molar-refractivity contribution in [2.75, 3.05) is 0 Å². The number of halogens is 1. The highest BCUT2D eigenvalue weighted by molar-refractivity contribution is 7.89. The van der Waals surface area contributed by atoms with Gasteiger partial charge >= 0.3 is 0 Å². The van der Waals surface area contributed by atoms with E-state index in [0.717, 1.165) is 5.56 Å². The number of thiophene rings is 1. The van der Waals surface area contributed by atoms with Crippen LogP contribution in [0.25, 0.3) is 0 Å². The van der Waals surface area contributed by atoms with Crippen LogP contribution in [-0.4, -0.2) is 14.3 Å². The Kier molecular flexibility index (Phi) is 5.03. The maximum atomic E-state index is 12.0. The van der Waals surface area contributed by atoms with E-state index in [0.29, 0.717) is 10.6 Å². The van der Waals surface area contributed by atoms with E-state index >= 15 is 0 Å². The summed E-state index contributed by atoms with van der Waals surface area (Å²) >= 11 is 7.40. The molecule has 0 fully saturated rings. The average molecular weight is 344 g/mol. The zero-order chi connectivity index (χ0) is 15.5. The Hall–Kier alpha value is -1.37. The molecule has 1 aromatic heterocycles. The lowest BCUT2D eigenvalue weighted by atomic mass is 10.1. The third-order valence-electron chi connectivity index (χ3n) is 3.00. The molecule has 112 valence electrons. The molecule has 1 heterocycles. The number of carbonyl (C=O) groups excluding carboxylic acids is 1. The Labute approximate surface area is 132 Å². The van der Waals surface area contributed by atoms with Crippen molar-refractivity contribution in [2.45, 2.75) is 18.6 Å². The normalized spacial score (nSPS) is 12.9. The van der Waals surface area contributed by atoms with E-state index in [-0.39, 0.29) is 5.75 Å². The molecule has 0 aliphatic carbocycles. The van der Waals surface area contributed by atoms with Gasteiger partial charge < -0.3 is 0 Å². The summed E-state index contributed by atoms with van der Waals surface area (Å²) < 4.78 is 26.2. The number of sulfonamides is 1. The molecule has 1 N–H and O–H groups in total. The largest absolute Gasteiger partial charge is 0.273 e. The molecular weight excluding hydrogens is 330 g/mol. The predicted molar refractivity (Wildman–Crippen MR) is 85.0 cm³/mol.